The van der Waals surface area contributed by atoms with Gasteiger partial charge in [-0.3, -0.25) is 0 Å². The molecule has 0 N–H and O–H groups in total. The Balaban J connectivity index is 2.38. The number of hydrogen-bond acceptors (Lipinski definition) is 3. The van der Waals surface area contributed by atoms with E-state index in [-0.39, 0.29) is 0 Å². The molecule has 0 atom stereocenters. The minimum Gasteiger partial charge on any atom is -0.385 e. The van der Waals surface area contributed by atoms with Gasteiger partial charge in [0.2, 0.25) is 0 Å². The van der Waals surface area contributed by atoms with Crippen molar-refractivity contribution in [3.63, 3.8) is 0 Å². The molecule has 2 rings (SSSR count). The maximum Gasteiger partial charge on any atom is 0.109 e. The minimum atomic E-state index is 0.664. The van der Waals surface area contributed by atoms with Crippen LogP contribution < -0.4 is 0 Å². The molecule has 1 aromatic heterocycles. The van der Waals surface area contributed by atoms with Crippen LogP contribution in [-0.2, 0) is 17.7 Å². The van der Waals surface area contributed by atoms with E-state index in [1.165, 1.54) is 0 Å². The van der Waals surface area contributed by atoms with E-state index in [1.54, 1.807) is 7.11 Å². The summed E-state index contributed by atoms with van der Waals surface area (Å²) in [6, 6.07) is 7.88. The van der Waals surface area contributed by atoms with Crippen LogP contribution >= 0.6 is 0 Å². The number of rotatable bonds is 6. The van der Waals surface area contributed by atoms with Crippen molar-refractivity contribution in [1.82, 2.24) is 9.55 Å². The molecular formula is C15H19N3O. The first kappa shape index (κ1) is 13.6. The summed E-state index contributed by atoms with van der Waals surface area (Å²) in [5.74, 6) is 1.09. The molecule has 0 radical (unpaired) electrons. The normalized spacial score (nSPS) is 10.8. The maximum atomic E-state index is 8.95. The number of methoxy groups -OCH3 is 1. The van der Waals surface area contributed by atoms with Crippen molar-refractivity contribution < 1.29 is 4.74 Å². The van der Waals surface area contributed by atoms with E-state index < -0.39 is 0 Å². The van der Waals surface area contributed by atoms with Gasteiger partial charge in [-0.25, -0.2) is 4.98 Å². The second-order valence-electron chi connectivity index (χ2n) is 4.59. The molecule has 19 heavy (non-hydrogen) atoms. The lowest BCUT2D eigenvalue weighted by Gasteiger charge is -2.07. The van der Waals surface area contributed by atoms with Crippen LogP contribution in [0.25, 0.3) is 11.0 Å². The van der Waals surface area contributed by atoms with Crippen LogP contribution in [0.3, 0.4) is 0 Å². The second-order valence-corrected chi connectivity index (χ2v) is 4.59. The average molecular weight is 257 g/mol. The van der Waals surface area contributed by atoms with E-state index in [1.807, 2.05) is 18.2 Å². The number of nitriles is 1. The SMILES string of the molecule is CCCn1c(CCCOC)nc2cc(C#N)ccc21. The van der Waals surface area contributed by atoms with Gasteiger partial charge in [0.1, 0.15) is 5.82 Å². The fourth-order valence-electron chi connectivity index (χ4n) is 2.29. The lowest BCUT2D eigenvalue weighted by atomic mass is 10.2. The molecule has 0 aliphatic heterocycles. The largest absolute Gasteiger partial charge is 0.385 e. The standard InChI is InChI=1S/C15H19N3O/c1-3-8-18-14-7-6-12(11-16)10-13(14)17-15(18)5-4-9-19-2/h6-7,10H,3-5,8-9H2,1-2H3. The maximum absolute atomic E-state index is 8.95. The first-order valence-electron chi connectivity index (χ1n) is 6.68. The van der Waals surface area contributed by atoms with Crippen molar-refractivity contribution in [3.8, 4) is 6.07 Å². The summed E-state index contributed by atoms with van der Waals surface area (Å²) in [5, 5.41) is 8.95. The van der Waals surface area contributed by atoms with E-state index in [4.69, 9.17) is 10.00 Å². The van der Waals surface area contributed by atoms with E-state index in [9.17, 15) is 0 Å². The Morgan fingerprint density at radius 1 is 1.42 bits per heavy atom. The van der Waals surface area contributed by atoms with Gasteiger partial charge in [0.25, 0.3) is 0 Å². The first-order chi connectivity index (χ1) is 9.30. The Kier molecular flexibility index (Phi) is 4.53. The summed E-state index contributed by atoms with van der Waals surface area (Å²) in [7, 11) is 1.72. The topological polar surface area (TPSA) is 50.8 Å². The van der Waals surface area contributed by atoms with Gasteiger partial charge in [-0.1, -0.05) is 6.92 Å². The Morgan fingerprint density at radius 3 is 2.95 bits per heavy atom. The monoisotopic (exact) mass is 257 g/mol. The van der Waals surface area contributed by atoms with Crippen LogP contribution in [0.5, 0.6) is 0 Å². The fourth-order valence-corrected chi connectivity index (χ4v) is 2.29. The highest BCUT2D eigenvalue weighted by molar-refractivity contribution is 5.77. The molecule has 1 aromatic carbocycles. The third-order valence-electron chi connectivity index (χ3n) is 3.15. The zero-order valence-electron chi connectivity index (χ0n) is 11.5. The predicted octanol–water partition coefficient (Wildman–Crippen LogP) is 2.90. The Labute approximate surface area is 113 Å². The van der Waals surface area contributed by atoms with Gasteiger partial charge in [-0.05, 0) is 31.0 Å². The van der Waals surface area contributed by atoms with Crippen LogP contribution in [-0.4, -0.2) is 23.3 Å². The van der Waals surface area contributed by atoms with Gasteiger partial charge in [0.05, 0.1) is 22.7 Å². The van der Waals surface area contributed by atoms with E-state index in [0.29, 0.717) is 5.56 Å². The van der Waals surface area contributed by atoms with Crippen LogP contribution in [0, 0.1) is 11.3 Å². The first-order valence-corrected chi connectivity index (χ1v) is 6.68. The highest BCUT2D eigenvalue weighted by atomic mass is 16.5. The van der Waals surface area contributed by atoms with Crippen molar-refractivity contribution in [2.24, 2.45) is 0 Å². The molecule has 0 bridgehead atoms. The summed E-state index contributed by atoms with van der Waals surface area (Å²) in [6.07, 6.45) is 2.95. The predicted molar refractivity (Wildman–Crippen MR) is 74.9 cm³/mol. The van der Waals surface area contributed by atoms with Crippen LogP contribution in [0.1, 0.15) is 31.2 Å². The summed E-state index contributed by atoms with van der Waals surface area (Å²) < 4.78 is 7.35. The molecule has 1 heterocycles. The van der Waals surface area contributed by atoms with Crippen molar-refractivity contribution in [2.75, 3.05) is 13.7 Å². The number of fused-ring (bicyclic) bond motifs is 1. The molecule has 0 saturated heterocycles. The molecule has 0 fully saturated rings. The molecule has 4 heteroatoms. The Bertz CT molecular complexity index is 595. The molecule has 0 unspecified atom stereocenters. The zero-order valence-corrected chi connectivity index (χ0v) is 11.5. The summed E-state index contributed by atoms with van der Waals surface area (Å²) >= 11 is 0. The minimum absolute atomic E-state index is 0.664. The quantitative estimate of drug-likeness (QED) is 0.748. The van der Waals surface area contributed by atoms with Crippen molar-refractivity contribution in [2.45, 2.75) is 32.7 Å². The number of imidazole rings is 1. The lowest BCUT2D eigenvalue weighted by Crippen LogP contribution is -2.04. The van der Waals surface area contributed by atoms with Gasteiger partial charge in [0.15, 0.2) is 0 Å². The highest BCUT2D eigenvalue weighted by Crippen LogP contribution is 2.19. The lowest BCUT2D eigenvalue weighted by molar-refractivity contribution is 0.194. The summed E-state index contributed by atoms with van der Waals surface area (Å²) in [4.78, 5) is 4.67. The van der Waals surface area contributed by atoms with E-state index in [2.05, 4.69) is 22.5 Å². The number of aryl methyl sites for hydroxylation is 2. The molecule has 0 spiro atoms. The average Bonchev–Trinajstić information content (AvgIpc) is 2.77. The highest BCUT2D eigenvalue weighted by Gasteiger charge is 2.10. The van der Waals surface area contributed by atoms with Gasteiger partial charge >= 0.3 is 0 Å². The van der Waals surface area contributed by atoms with Crippen molar-refractivity contribution >= 4 is 11.0 Å². The second kappa shape index (κ2) is 6.35. The molecule has 0 saturated carbocycles. The molecule has 4 nitrogen and oxygen atoms in total. The summed E-state index contributed by atoms with van der Waals surface area (Å²) in [5.41, 5.74) is 2.70. The number of hydrogen-bond donors (Lipinski definition) is 0. The molecule has 2 aromatic rings. The number of nitrogens with zero attached hydrogens (tertiary/aromatic N) is 3. The number of benzene rings is 1. The van der Waals surface area contributed by atoms with Crippen LogP contribution in [0.15, 0.2) is 18.2 Å². The molecule has 0 aliphatic rings. The van der Waals surface area contributed by atoms with Gasteiger partial charge in [-0.15, -0.1) is 0 Å². The van der Waals surface area contributed by atoms with Crippen molar-refractivity contribution in [3.05, 3.63) is 29.6 Å². The van der Waals surface area contributed by atoms with Gasteiger partial charge in [-0.2, -0.15) is 5.26 Å². The summed E-state index contributed by atoms with van der Waals surface area (Å²) in [6.45, 7) is 3.87. The van der Waals surface area contributed by atoms with Gasteiger partial charge in [0, 0.05) is 26.7 Å². The van der Waals surface area contributed by atoms with E-state index in [0.717, 1.165) is 49.3 Å². The Hall–Kier alpha value is -1.86. The van der Waals surface area contributed by atoms with E-state index >= 15 is 0 Å². The van der Waals surface area contributed by atoms with Crippen molar-refractivity contribution in [1.29, 1.82) is 5.26 Å². The molecule has 0 aliphatic carbocycles. The Morgan fingerprint density at radius 2 is 2.26 bits per heavy atom. The third-order valence-corrected chi connectivity index (χ3v) is 3.15. The van der Waals surface area contributed by atoms with Crippen LogP contribution in [0.2, 0.25) is 0 Å². The molecule has 0 amide bonds. The third kappa shape index (κ3) is 2.94. The molecular weight excluding hydrogens is 238 g/mol. The smallest absolute Gasteiger partial charge is 0.109 e. The van der Waals surface area contributed by atoms with Crippen LogP contribution in [0.4, 0.5) is 0 Å². The number of aromatic nitrogens is 2. The van der Waals surface area contributed by atoms with Gasteiger partial charge < -0.3 is 9.30 Å². The number of ether oxygens (including phenoxy) is 1. The molecule has 100 valence electrons. The fraction of sp³-hybridized carbons (Fsp3) is 0.467. The zero-order chi connectivity index (χ0) is 13.7.